The highest BCUT2D eigenvalue weighted by Crippen LogP contribution is 2.29. The van der Waals surface area contributed by atoms with Crippen LogP contribution in [0.1, 0.15) is 18.6 Å². The summed E-state index contributed by atoms with van der Waals surface area (Å²) in [6.45, 7) is 5.74. The maximum Gasteiger partial charge on any atom is 0.185 e. The number of aromatic nitrogens is 1. The number of thiazole rings is 1. The molecule has 1 N–H and O–H groups in total. The van der Waals surface area contributed by atoms with Crippen molar-refractivity contribution in [3.05, 3.63) is 39.8 Å². The minimum absolute atomic E-state index is 0.449. The van der Waals surface area contributed by atoms with Crippen LogP contribution >= 0.6 is 27.3 Å². The maximum atomic E-state index is 9.69. The van der Waals surface area contributed by atoms with E-state index in [1.165, 1.54) is 5.69 Å². The average Bonchev–Trinajstić information content (AvgIpc) is 3.01. The molecule has 2 aromatic rings. The van der Waals surface area contributed by atoms with Crippen LogP contribution in [-0.4, -0.2) is 36.3 Å². The molecule has 0 radical (unpaired) electrons. The molecule has 3 rings (SSSR count). The topological polar surface area (TPSA) is 39.6 Å². The summed E-state index contributed by atoms with van der Waals surface area (Å²) in [5.74, 6) is 0. The molecular formula is C15H18BrN3OS. The fraction of sp³-hybridized carbons (Fsp3) is 0.400. The van der Waals surface area contributed by atoms with E-state index in [0.29, 0.717) is 0 Å². The van der Waals surface area contributed by atoms with Gasteiger partial charge < -0.3 is 14.9 Å². The molecule has 1 aromatic carbocycles. The zero-order chi connectivity index (χ0) is 14.8. The quantitative estimate of drug-likeness (QED) is 0.903. The van der Waals surface area contributed by atoms with Crippen molar-refractivity contribution in [2.45, 2.75) is 13.0 Å². The molecule has 112 valence electrons. The Kier molecular flexibility index (Phi) is 4.47. The molecule has 1 aromatic heterocycles. The summed E-state index contributed by atoms with van der Waals surface area (Å²) in [4.78, 5) is 9.08. The Balaban J connectivity index is 1.68. The first kappa shape index (κ1) is 14.8. The number of halogens is 1. The van der Waals surface area contributed by atoms with Crippen LogP contribution in [0.3, 0.4) is 0 Å². The standard InChI is InChI=1S/C15H18BrN3OS/c1-11(20)13-3-2-12(10-14(13)16)18-5-7-19(8-6-18)15-17-4-9-21-15/h2-4,9-11,20H,5-8H2,1H3/t11-/m1/s1. The highest BCUT2D eigenvalue weighted by molar-refractivity contribution is 9.10. The summed E-state index contributed by atoms with van der Waals surface area (Å²) < 4.78 is 0.970. The Bertz CT molecular complexity index is 595. The lowest BCUT2D eigenvalue weighted by molar-refractivity contribution is 0.198. The van der Waals surface area contributed by atoms with Crippen molar-refractivity contribution in [2.75, 3.05) is 36.0 Å². The van der Waals surface area contributed by atoms with Gasteiger partial charge in [-0.2, -0.15) is 0 Å². The summed E-state index contributed by atoms with van der Waals surface area (Å²) in [7, 11) is 0. The van der Waals surface area contributed by atoms with Crippen LogP contribution in [0.2, 0.25) is 0 Å². The van der Waals surface area contributed by atoms with Gasteiger partial charge in [-0.3, -0.25) is 0 Å². The van der Waals surface area contributed by atoms with Crippen LogP contribution in [-0.2, 0) is 0 Å². The highest BCUT2D eigenvalue weighted by atomic mass is 79.9. The number of aliphatic hydroxyl groups excluding tert-OH is 1. The first-order valence-electron chi connectivity index (χ1n) is 7.02. The molecule has 4 nitrogen and oxygen atoms in total. The molecule has 0 amide bonds. The predicted octanol–water partition coefficient (Wildman–Crippen LogP) is 3.29. The summed E-state index contributed by atoms with van der Waals surface area (Å²) >= 11 is 5.25. The number of hydrogen-bond acceptors (Lipinski definition) is 5. The molecule has 6 heteroatoms. The van der Waals surface area contributed by atoms with E-state index in [4.69, 9.17) is 0 Å². The summed E-state index contributed by atoms with van der Waals surface area (Å²) in [6, 6.07) is 6.18. The Hall–Kier alpha value is -1.11. The van der Waals surface area contributed by atoms with E-state index in [1.807, 2.05) is 17.6 Å². The summed E-state index contributed by atoms with van der Waals surface area (Å²) in [5.41, 5.74) is 2.13. The van der Waals surface area contributed by atoms with Gasteiger partial charge in [-0.25, -0.2) is 4.98 Å². The number of aliphatic hydroxyl groups is 1. The molecule has 0 bridgehead atoms. The van der Waals surface area contributed by atoms with Gasteiger partial charge in [0.15, 0.2) is 5.13 Å². The van der Waals surface area contributed by atoms with Gasteiger partial charge in [-0.1, -0.05) is 22.0 Å². The van der Waals surface area contributed by atoms with Crippen molar-refractivity contribution in [2.24, 2.45) is 0 Å². The normalized spacial score (nSPS) is 17.1. The van der Waals surface area contributed by atoms with Gasteiger partial charge in [-0.15, -0.1) is 11.3 Å². The van der Waals surface area contributed by atoms with Crippen LogP contribution in [0.5, 0.6) is 0 Å². The van der Waals surface area contributed by atoms with Crippen LogP contribution < -0.4 is 9.80 Å². The number of nitrogens with zero attached hydrogens (tertiary/aromatic N) is 3. The molecule has 1 atom stereocenters. The summed E-state index contributed by atoms with van der Waals surface area (Å²) in [5, 5.41) is 12.8. The third-order valence-corrected chi connectivity index (χ3v) is 5.29. The average molecular weight is 368 g/mol. The Morgan fingerprint density at radius 3 is 2.52 bits per heavy atom. The van der Waals surface area contributed by atoms with Gasteiger partial charge in [0, 0.05) is 47.9 Å². The fourth-order valence-electron chi connectivity index (χ4n) is 2.58. The van der Waals surface area contributed by atoms with Crippen molar-refractivity contribution in [1.82, 2.24) is 4.98 Å². The van der Waals surface area contributed by atoms with E-state index in [-0.39, 0.29) is 0 Å². The second-order valence-corrected chi connectivity index (χ2v) is 6.90. The SMILES string of the molecule is C[C@@H](O)c1ccc(N2CCN(c3nccs3)CC2)cc1Br. The Morgan fingerprint density at radius 1 is 1.24 bits per heavy atom. The lowest BCUT2D eigenvalue weighted by atomic mass is 10.1. The number of rotatable bonds is 3. The fourth-order valence-corrected chi connectivity index (χ4v) is 3.97. The van der Waals surface area contributed by atoms with E-state index in [0.717, 1.165) is 41.3 Å². The van der Waals surface area contributed by atoms with Gasteiger partial charge in [-0.05, 0) is 24.6 Å². The molecule has 0 aliphatic carbocycles. The van der Waals surface area contributed by atoms with E-state index in [2.05, 4.69) is 42.8 Å². The number of benzene rings is 1. The van der Waals surface area contributed by atoms with E-state index in [9.17, 15) is 5.11 Å². The molecule has 1 fully saturated rings. The van der Waals surface area contributed by atoms with Crippen molar-refractivity contribution in [3.63, 3.8) is 0 Å². The van der Waals surface area contributed by atoms with Crippen LogP contribution in [0.25, 0.3) is 0 Å². The molecule has 21 heavy (non-hydrogen) atoms. The minimum Gasteiger partial charge on any atom is -0.389 e. The number of anilines is 2. The number of hydrogen-bond donors (Lipinski definition) is 1. The third kappa shape index (κ3) is 3.22. The smallest absolute Gasteiger partial charge is 0.185 e. The van der Waals surface area contributed by atoms with E-state index < -0.39 is 6.10 Å². The highest BCUT2D eigenvalue weighted by Gasteiger charge is 2.19. The Morgan fingerprint density at radius 2 is 1.95 bits per heavy atom. The molecule has 1 aliphatic heterocycles. The molecule has 1 saturated heterocycles. The first-order chi connectivity index (χ1) is 10.1. The molecule has 0 unspecified atom stereocenters. The van der Waals surface area contributed by atoms with Crippen molar-refractivity contribution < 1.29 is 5.11 Å². The van der Waals surface area contributed by atoms with Crippen molar-refractivity contribution >= 4 is 38.1 Å². The van der Waals surface area contributed by atoms with Gasteiger partial charge >= 0.3 is 0 Å². The van der Waals surface area contributed by atoms with Gasteiger partial charge in [0.1, 0.15) is 0 Å². The zero-order valence-corrected chi connectivity index (χ0v) is 14.3. The molecule has 2 heterocycles. The van der Waals surface area contributed by atoms with Gasteiger partial charge in [0.05, 0.1) is 6.10 Å². The van der Waals surface area contributed by atoms with Crippen LogP contribution in [0.15, 0.2) is 34.2 Å². The largest absolute Gasteiger partial charge is 0.389 e. The zero-order valence-electron chi connectivity index (χ0n) is 11.9. The van der Waals surface area contributed by atoms with Gasteiger partial charge in [0.2, 0.25) is 0 Å². The molecule has 0 saturated carbocycles. The third-order valence-electron chi connectivity index (χ3n) is 3.77. The van der Waals surface area contributed by atoms with Gasteiger partial charge in [0.25, 0.3) is 0 Å². The first-order valence-corrected chi connectivity index (χ1v) is 8.69. The Labute approximate surface area is 137 Å². The lowest BCUT2D eigenvalue weighted by Gasteiger charge is -2.36. The number of piperazine rings is 1. The predicted molar refractivity (Wildman–Crippen MR) is 91.3 cm³/mol. The van der Waals surface area contributed by atoms with E-state index >= 15 is 0 Å². The molecule has 0 spiro atoms. The molecule has 1 aliphatic rings. The van der Waals surface area contributed by atoms with Crippen molar-refractivity contribution in [1.29, 1.82) is 0 Å². The monoisotopic (exact) mass is 367 g/mol. The maximum absolute atomic E-state index is 9.69. The van der Waals surface area contributed by atoms with Crippen LogP contribution in [0.4, 0.5) is 10.8 Å². The van der Waals surface area contributed by atoms with Crippen molar-refractivity contribution in [3.8, 4) is 0 Å². The van der Waals surface area contributed by atoms with E-state index in [1.54, 1.807) is 18.3 Å². The second-order valence-electron chi connectivity index (χ2n) is 5.17. The summed E-state index contributed by atoms with van der Waals surface area (Å²) in [6.07, 6.45) is 1.41. The van der Waals surface area contributed by atoms with Crippen LogP contribution in [0, 0.1) is 0 Å². The lowest BCUT2D eigenvalue weighted by Crippen LogP contribution is -2.46. The minimum atomic E-state index is -0.449. The second kappa shape index (κ2) is 6.34. The molecular weight excluding hydrogens is 350 g/mol.